The molecule has 1 saturated heterocycles. The Morgan fingerprint density at radius 3 is 2.75 bits per heavy atom. The van der Waals surface area contributed by atoms with E-state index < -0.39 is 0 Å². The molecule has 0 amide bonds. The molecule has 0 spiro atoms. The lowest BCUT2D eigenvalue weighted by atomic mass is 10.1. The molecule has 0 aliphatic carbocycles. The number of hydroxylamine groups is 2. The Kier molecular flexibility index (Phi) is 2.48. The first kappa shape index (κ1) is 9.63. The molecule has 1 fully saturated rings. The summed E-state index contributed by atoms with van der Waals surface area (Å²) >= 11 is 0. The molecule has 0 aromatic heterocycles. The Bertz CT molecular complexity index is 492. The third kappa shape index (κ3) is 1.87. The molecule has 0 atom stereocenters. The van der Waals surface area contributed by atoms with Crippen LogP contribution in [0.3, 0.4) is 0 Å². The molecule has 0 unspecified atom stereocenters. The van der Waals surface area contributed by atoms with Crippen molar-refractivity contribution in [2.45, 2.75) is 0 Å². The monoisotopic (exact) mass is 214 g/mol. The SMILES string of the molecule is c1ccc2cc(ON3CCNC3)ccc2c1. The summed E-state index contributed by atoms with van der Waals surface area (Å²) in [5.41, 5.74) is 0. The van der Waals surface area contributed by atoms with E-state index >= 15 is 0 Å². The highest BCUT2D eigenvalue weighted by Crippen LogP contribution is 2.21. The Morgan fingerprint density at radius 2 is 1.94 bits per heavy atom. The summed E-state index contributed by atoms with van der Waals surface area (Å²) in [5.74, 6) is 0.905. The van der Waals surface area contributed by atoms with Gasteiger partial charge in [0.25, 0.3) is 0 Å². The molecular weight excluding hydrogens is 200 g/mol. The molecule has 3 heteroatoms. The Balaban J connectivity index is 1.86. The van der Waals surface area contributed by atoms with E-state index in [1.807, 2.05) is 23.3 Å². The Morgan fingerprint density at radius 1 is 1.06 bits per heavy atom. The summed E-state index contributed by atoms with van der Waals surface area (Å²) < 4.78 is 0. The molecule has 3 rings (SSSR count). The molecule has 1 aliphatic heterocycles. The fraction of sp³-hybridized carbons (Fsp3) is 0.231. The second-order valence-electron chi connectivity index (χ2n) is 3.96. The van der Waals surface area contributed by atoms with E-state index in [2.05, 4.69) is 29.6 Å². The Labute approximate surface area is 94.6 Å². The highest BCUT2D eigenvalue weighted by Gasteiger charge is 2.12. The minimum Gasteiger partial charge on any atom is -0.405 e. The second-order valence-corrected chi connectivity index (χ2v) is 3.96. The predicted molar refractivity (Wildman–Crippen MR) is 64.2 cm³/mol. The number of nitrogens with zero attached hydrogens (tertiary/aromatic N) is 1. The molecule has 1 N–H and O–H groups in total. The van der Waals surface area contributed by atoms with Crippen molar-refractivity contribution in [3.05, 3.63) is 42.5 Å². The van der Waals surface area contributed by atoms with E-state index in [9.17, 15) is 0 Å². The third-order valence-electron chi connectivity index (χ3n) is 2.78. The van der Waals surface area contributed by atoms with Gasteiger partial charge >= 0.3 is 0 Å². The highest BCUT2D eigenvalue weighted by atomic mass is 16.7. The van der Waals surface area contributed by atoms with E-state index in [0.717, 1.165) is 25.5 Å². The van der Waals surface area contributed by atoms with Crippen molar-refractivity contribution in [1.29, 1.82) is 0 Å². The second kappa shape index (κ2) is 4.12. The third-order valence-corrected chi connectivity index (χ3v) is 2.78. The number of hydrogen-bond donors (Lipinski definition) is 1. The van der Waals surface area contributed by atoms with Crippen molar-refractivity contribution in [2.24, 2.45) is 0 Å². The van der Waals surface area contributed by atoms with Crippen LogP contribution in [0.15, 0.2) is 42.5 Å². The number of nitrogens with one attached hydrogen (secondary N) is 1. The maximum absolute atomic E-state index is 5.75. The van der Waals surface area contributed by atoms with Gasteiger partial charge in [-0.1, -0.05) is 30.3 Å². The molecule has 1 aliphatic rings. The lowest BCUT2D eigenvalue weighted by Gasteiger charge is -2.15. The number of rotatable bonds is 2. The zero-order chi connectivity index (χ0) is 10.8. The quantitative estimate of drug-likeness (QED) is 0.827. The summed E-state index contributed by atoms with van der Waals surface area (Å²) in [6.07, 6.45) is 0. The van der Waals surface area contributed by atoms with Gasteiger partial charge in [-0.15, -0.1) is 5.06 Å². The van der Waals surface area contributed by atoms with Crippen LogP contribution in [0.5, 0.6) is 5.75 Å². The molecule has 0 bridgehead atoms. The van der Waals surface area contributed by atoms with Gasteiger partial charge in [0.2, 0.25) is 0 Å². The molecule has 2 aromatic carbocycles. The minimum atomic E-state index is 0.798. The van der Waals surface area contributed by atoms with E-state index in [4.69, 9.17) is 4.84 Å². The van der Waals surface area contributed by atoms with Gasteiger partial charge in [-0.2, -0.15) is 0 Å². The molecule has 0 saturated carbocycles. The first-order chi connectivity index (χ1) is 7.92. The molecule has 0 radical (unpaired) electrons. The van der Waals surface area contributed by atoms with Gasteiger partial charge in [-0.3, -0.25) is 0 Å². The molecule has 16 heavy (non-hydrogen) atoms. The summed E-state index contributed by atoms with van der Waals surface area (Å²) in [6, 6.07) is 14.5. The average molecular weight is 214 g/mol. The minimum absolute atomic E-state index is 0.798. The molecule has 1 heterocycles. The van der Waals surface area contributed by atoms with Crippen LogP contribution in [-0.2, 0) is 0 Å². The van der Waals surface area contributed by atoms with Crippen LogP contribution in [0.1, 0.15) is 0 Å². The molecule has 3 nitrogen and oxygen atoms in total. The molecule has 82 valence electrons. The van der Waals surface area contributed by atoms with Crippen LogP contribution >= 0.6 is 0 Å². The maximum atomic E-state index is 5.75. The molecular formula is C13H14N2O. The summed E-state index contributed by atoms with van der Waals surface area (Å²) in [7, 11) is 0. The van der Waals surface area contributed by atoms with Crippen LogP contribution in [0.4, 0.5) is 0 Å². The largest absolute Gasteiger partial charge is 0.405 e. The zero-order valence-electron chi connectivity index (χ0n) is 9.02. The van der Waals surface area contributed by atoms with Crippen molar-refractivity contribution in [3.63, 3.8) is 0 Å². The number of fused-ring (bicyclic) bond motifs is 1. The van der Waals surface area contributed by atoms with Crippen molar-refractivity contribution in [1.82, 2.24) is 10.4 Å². The summed E-state index contributed by atoms with van der Waals surface area (Å²) in [4.78, 5) is 5.75. The topological polar surface area (TPSA) is 24.5 Å². The van der Waals surface area contributed by atoms with Gasteiger partial charge in [0, 0.05) is 13.1 Å². The fourth-order valence-corrected chi connectivity index (χ4v) is 1.94. The van der Waals surface area contributed by atoms with Gasteiger partial charge < -0.3 is 10.2 Å². The van der Waals surface area contributed by atoms with Gasteiger partial charge in [-0.05, 0) is 22.9 Å². The summed E-state index contributed by atoms with van der Waals surface area (Å²) in [5, 5.41) is 7.63. The maximum Gasteiger partial charge on any atom is 0.148 e. The van der Waals surface area contributed by atoms with Gasteiger partial charge in [0.05, 0.1) is 6.67 Å². The number of benzene rings is 2. The van der Waals surface area contributed by atoms with Crippen LogP contribution in [0, 0.1) is 0 Å². The van der Waals surface area contributed by atoms with E-state index in [-0.39, 0.29) is 0 Å². The lowest BCUT2D eigenvalue weighted by molar-refractivity contribution is -0.0356. The van der Waals surface area contributed by atoms with Crippen LogP contribution in [-0.4, -0.2) is 24.8 Å². The van der Waals surface area contributed by atoms with Crippen LogP contribution in [0.25, 0.3) is 10.8 Å². The lowest BCUT2D eigenvalue weighted by Crippen LogP contribution is -2.25. The zero-order valence-corrected chi connectivity index (χ0v) is 9.02. The average Bonchev–Trinajstić information content (AvgIpc) is 2.82. The normalized spacial score (nSPS) is 16.8. The van der Waals surface area contributed by atoms with E-state index in [1.54, 1.807) is 0 Å². The van der Waals surface area contributed by atoms with E-state index in [0.29, 0.717) is 0 Å². The van der Waals surface area contributed by atoms with Crippen molar-refractivity contribution in [2.75, 3.05) is 19.8 Å². The van der Waals surface area contributed by atoms with Crippen molar-refractivity contribution in [3.8, 4) is 5.75 Å². The van der Waals surface area contributed by atoms with Crippen LogP contribution < -0.4 is 10.2 Å². The van der Waals surface area contributed by atoms with Gasteiger partial charge in [0.15, 0.2) is 0 Å². The smallest absolute Gasteiger partial charge is 0.148 e. The first-order valence-electron chi connectivity index (χ1n) is 5.54. The predicted octanol–water partition coefficient (Wildman–Crippen LogP) is 2.00. The highest BCUT2D eigenvalue weighted by molar-refractivity contribution is 5.83. The molecule has 2 aromatic rings. The standard InChI is InChI=1S/C13H14N2O/c1-2-4-12-9-13(6-5-11(12)3-1)16-15-8-7-14-10-15/h1-6,9,14H,7-8,10H2. The number of hydrogen-bond acceptors (Lipinski definition) is 3. The van der Waals surface area contributed by atoms with E-state index in [1.165, 1.54) is 10.8 Å². The van der Waals surface area contributed by atoms with Gasteiger partial charge in [0.1, 0.15) is 5.75 Å². The van der Waals surface area contributed by atoms with Crippen molar-refractivity contribution < 1.29 is 4.84 Å². The Hall–Kier alpha value is -1.58. The first-order valence-corrected chi connectivity index (χ1v) is 5.54. The van der Waals surface area contributed by atoms with Crippen molar-refractivity contribution >= 4 is 10.8 Å². The summed E-state index contributed by atoms with van der Waals surface area (Å²) in [6.45, 7) is 2.73. The van der Waals surface area contributed by atoms with Gasteiger partial charge in [-0.25, -0.2) is 0 Å². The van der Waals surface area contributed by atoms with Crippen LogP contribution in [0.2, 0.25) is 0 Å². The fourth-order valence-electron chi connectivity index (χ4n) is 1.94.